The highest BCUT2D eigenvalue weighted by Crippen LogP contribution is 2.25. The van der Waals surface area contributed by atoms with Crippen molar-refractivity contribution in [2.45, 2.75) is 32.4 Å². The van der Waals surface area contributed by atoms with Gasteiger partial charge < -0.3 is 4.90 Å². The second-order valence-electron chi connectivity index (χ2n) is 7.86. The predicted octanol–water partition coefficient (Wildman–Crippen LogP) is 3.63. The quantitative estimate of drug-likeness (QED) is 0.616. The molecule has 2 aromatic carbocycles. The minimum atomic E-state index is -3.46. The average molecular weight is 512 g/mol. The first kappa shape index (κ1) is 23.7. The van der Waals surface area contributed by atoms with Crippen molar-refractivity contribution in [2.24, 2.45) is 0 Å². The summed E-state index contributed by atoms with van der Waals surface area (Å²) < 4.78 is 39.8. The number of piperazine rings is 1. The molecule has 1 saturated heterocycles. The van der Waals surface area contributed by atoms with Crippen molar-refractivity contribution < 1.29 is 17.6 Å². The number of hydrogen-bond donors (Lipinski definition) is 1. The molecule has 0 aliphatic carbocycles. The molecule has 6 nitrogen and oxygen atoms in total. The van der Waals surface area contributed by atoms with Crippen LogP contribution in [0, 0.1) is 5.82 Å². The van der Waals surface area contributed by atoms with E-state index >= 15 is 0 Å². The van der Waals surface area contributed by atoms with Crippen molar-refractivity contribution in [3.05, 3.63) is 63.9 Å². The van der Waals surface area contributed by atoms with E-state index in [0.717, 1.165) is 35.8 Å². The van der Waals surface area contributed by atoms with Gasteiger partial charge in [0.05, 0.1) is 18.4 Å². The second-order valence-corrected chi connectivity index (χ2v) is 10.5. The van der Waals surface area contributed by atoms with E-state index in [1.54, 1.807) is 30.3 Å². The summed E-state index contributed by atoms with van der Waals surface area (Å²) in [4.78, 5) is 17.3. The van der Waals surface area contributed by atoms with Crippen LogP contribution in [0.5, 0.6) is 0 Å². The van der Waals surface area contributed by atoms with Gasteiger partial charge in [-0.1, -0.05) is 41.1 Å². The van der Waals surface area contributed by atoms with E-state index in [-0.39, 0.29) is 24.2 Å². The van der Waals surface area contributed by atoms with Gasteiger partial charge in [0.1, 0.15) is 5.82 Å². The van der Waals surface area contributed by atoms with Crippen molar-refractivity contribution in [3.8, 4) is 0 Å². The minimum Gasteiger partial charge on any atom is -0.337 e. The molecule has 2 aromatic rings. The Balaban J connectivity index is 1.68. The topological polar surface area (TPSA) is 69.7 Å². The first-order chi connectivity index (χ1) is 14.6. The Labute approximate surface area is 191 Å². The van der Waals surface area contributed by atoms with Gasteiger partial charge in [-0.15, -0.1) is 0 Å². The maximum Gasteiger partial charge on any atom is 0.229 e. The molecule has 0 bridgehead atoms. The first-order valence-electron chi connectivity index (χ1n) is 10.2. The average Bonchev–Trinajstić information content (AvgIpc) is 2.70. The van der Waals surface area contributed by atoms with Crippen LogP contribution in [0.3, 0.4) is 0 Å². The summed E-state index contributed by atoms with van der Waals surface area (Å²) >= 11 is 3.35. The Hall–Kier alpha value is -1.97. The van der Waals surface area contributed by atoms with Gasteiger partial charge >= 0.3 is 0 Å². The number of benzene rings is 2. The van der Waals surface area contributed by atoms with Crippen LogP contribution in [0.15, 0.2) is 46.9 Å². The molecular formula is C22H27BrFN3O3S. The summed E-state index contributed by atoms with van der Waals surface area (Å²) in [5, 5.41) is 0. The molecule has 1 aliphatic heterocycles. The van der Waals surface area contributed by atoms with E-state index in [9.17, 15) is 17.6 Å². The van der Waals surface area contributed by atoms with Crippen LogP contribution in [0.4, 0.5) is 10.1 Å². The fraction of sp³-hybridized carbons (Fsp3) is 0.409. The third-order valence-electron chi connectivity index (χ3n) is 5.39. The van der Waals surface area contributed by atoms with Crippen molar-refractivity contribution in [1.29, 1.82) is 0 Å². The third kappa shape index (κ3) is 6.75. The van der Waals surface area contributed by atoms with E-state index in [4.69, 9.17) is 0 Å². The number of hydrogen-bond acceptors (Lipinski definition) is 4. The Kier molecular flexibility index (Phi) is 7.72. The monoisotopic (exact) mass is 511 g/mol. The molecule has 0 spiro atoms. The molecule has 1 heterocycles. The molecule has 0 saturated carbocycles. The molecule has 1 amide bonds. The molecule has 3 rings (SSSR count). The van der Waals surface area contributed by atoms with Gasteiger partial charge in [0, 0.05) is 36.7 Å². The molecular weight excluding hydrogens is 485 g/mol. The zero-order chi connectivity index (χ0) is 22.6. The molecule has 31 heavy (non-hydrogen) atoms. The van der Waals surface area contributed by atoms with Crippen molar-refractivity contribution >= 4 is 37.5 Å². The van der Waals surface area contributed by atoms with E-state index in [2.05, 4.69) is 32.5 Å². The number of carbonyl (C=O) groups is 1. The molecule has 1 atom stereocenters. The van der Waals surface area contributed by atoms with Crippen LogP contribution in [0.2, 0.25) is 0 Å². The number of nitrogens with one attached hydrogen (secondary N) is 1. The standard InChI is InChI=1S/C22H27BrFN3O3S/c1-3-20-15-26(14-16-4-8-19(24)9-5-16)10-11-27(20)22(28)12-17-6-7-18(23)13-21(17)25-31(2,29)30/h4-9,13,20,25H,3,10-12,14-15H2,1-2H3. The molecule has 168 valence electrons. The lowest BCUT2D eigenvalue weighted by atomic mass is 10.0. The zero-order valence-corrected chi connectivity index (χ0v) is 20.0. The number of rotatable bonds is 7. The van der Waals surface area contributed by atoms with Gasteiger partial charge in [-0.2, -0.15) is 0 Å². The van der Waals surface area contributed by atoms with Crippen molar-refractivity contribution in [3.63, 3.8) is 0 Å². The largest absolute Gasteiger partial charge is 0.337 e. The fourth-order valence-electron chi connectivity index (χ4n) is 3.85. The van der Waals surface area contributed by atoms with Gasteiger partial charge in [0.2, 0.25) is 15.9 Å². The van der Waals surface area contributed by atoms with Crippen LogP contribution in [-0.4, -0.2) is 56.1 Å². The molecule has 9 heteroatoms. The number of amides is 1. The lowest BCUT2D eigenvalue weighted by Gasteiger charge is -2.41. The predicted molar refractivity (Wildman–Crippen MR) is 124 cm³/mol. The van der Waals surface area contributed by atoms with Crippen molar-refractivity contribution in [1.82, 2.24) is 9.80 Å². The highest BCUT2D eigenvalue weighted by Gasteiger charge is 2.29. The number of halogens is 2. The zero-order valence-electron chi connectivity index (χ0n) is 17.6. The Morgan fingerprint density at radius 3 is 2.55 bits per heavy atom. The van der Waals surface area contributed by atoms with Gasteiger partial charge in [0.15, 0.2) is 0 Å². The summed E-state index contributed by atoms with van der Waals surface area (Å²) in [5.41, 5.74) is 2.10. The maximum absolute atomic E-state index is 13.1. The minimum absolute atomic E-state index is 0.0212. The molecule has 1 aliphatic rings. The molecule has 0 radical (unpaired) electrons. The highest BCUT2D eigenvalue weighted by atomic mass is 79.9. The molecule has 0 aromatic heterocycles. The number of sulfonamides is 1. The van der Waals surface area contributed by atoms with E-state index in [0.29, 0.717) is 24.3 Å². The molecule has 1 unspecified atom stereocenters. The lowest BCUT2D eigenvalue weighted by Crippen LogP contribution is -2.55. The lowest BCUT2D eigenvalue weighted by molar-refractivity contribution is -0.135. The summed E-state index contributed by atoms with van der Waals surface area (Å²) in [5.74, 6) is -0.268. The second kappa shape index (κ2) is 10.1. The Morgan fingerprint density at radius 1 is 1.19 bits per heavy atom. The van der Waals surface area contributed by atoms with E-state index in [1.165, 1.54) is 12.1 Å². The number of nitrogens with zero attached hydrogens (tertiary/aromatic N) is 2. The van der Waals surface area contributed by atoms with Gasteiger partial charge in [-0.3, -0.25) is 14.4 Å². The van der Waals surface area contributed by atoms with Crippen LogP contribution in [0.1, 0.15) is 24.5 Å². The van der Waals surface area contributed by atoms with Gasteiger partial charge in [0.25, 0.3) is 0 Å². The number of carbonyl (C=O) groups excluding carboxylic acids is 1. The smallest absolute Gasteiger partial charge is 0.229 e. The van der Waals surface area contributed by atoms with Crippen molar-refractivity contribution in [2.75, 3.05) is 30.6 Å². The molecule has 1 N–H and O–H groups in total. The Morgan fingerprint density at radius 2 is 1.90 bits per heavy atom. The summed E-state index contributed by atoms with van der Waals surface area (Å²) in [6.07, 6.45) is 2.03. The SMILES string of the molecule is CCC1CN(Cc2ccc(F)cc2)CCN1C(=O)Cc1ccc(Br)cc1NS(C)(=O)=O. The first-order valence-corrected chi connectivity index (χ1v) is 12.9. The molecule has 1 fully saturated rings. The van der Waals surface area contributed by atoms with Crippen LogP contribution >= 0.6 is 15.9 Å². The van der Waals surface area contributed by atoms with Gasteiger partial charge in [-0.25, -0.2) is 12.8 Å². The number of anilines is 1. The fourth-order valence-corrected chi connectivity index (χ4v) is 4.80. The highest BCUT2D eigenvalue weighted by molar-refractivity contribution is 9.10. The Bertz CT molecular complexity index is 1030. The van der Waals surface area contributed by atoms with Crippen LogP contribution in [0.25, 0.3) is 0 Å². The van der Waals surface area contributed by atoms with E-state index < -0.39 is 10.0 Å². The summed E-state index contributed by atoms with van der Waals surface area (Å²) in [7, 11) is -3.46. The summed E-state index contributed by atoms with van der Waals surface area (Å²) in [6.45, 7) is 4.85. The van der Waals surface area contributed by atoms with Crippen LogP contribution in [-0.2, 0) is 27.8 Å². The third-order valence-corrected chi connectivity index (χ3v) is 6.47. The summed E-state index contributed by atoms with van der Waals surface area (Å²) in [6, 6.07) is 11.8. The maximum atomic E-state index is 13.1. The van der Waals surface area contributed by atoms with E-state index in [1.807, 2.05) is 4.90 Å². The normalized spacial score (nSPS) is 17.5. The van der Waals surface area contributed by atoms with Crippen LogP contribution < -0.4 is 4.72 Å². The van der Waals surface area contributed by atoms with Gasteiger partial charge in [-0.05, 0) is 41.8 Å².